The van der Waals surface area contributed by atoms with Crippen molar-refractivity contribution in [3.8, 4) is 0 Å². The van der Waals surface area contributed by atoms with Gasteiger partial charge in [0.25, 0.3) is 0 Å². The molecule has 4 N–H and O–H groups in total. The summed E-state index contributed by atoms with van der Waals surface area (Å²) in [6, 6.07) is 4.00. The van der Waals surface area contributed by atoms with Crippen molar-refractivity contribution in [1.82, 2.24) is 5.32 Å². The third-order valence-electron chi connectivity index (χ3n) is 3.87. The fourth-order valence-electron chi connectivity index (χ4n) is 2.71. The Balaban J connectivity index is 2.13. The van der Waals surface area contributed by atoms with Crippen LogP contribution in [-0.4, -0.2) is 30.4 Å². The predicted molar refractivity (Wildman–Crippen MR) is 88.1 cm³/mol. The summed E-state index contributed by atoms with van der Waals surface area (Å²) in [5.41, 5.74) is 7.64. The van der Waals surface area contributed by atoms with Crippen LogP contribution < -0.4 is 21.3 Å². The smallest absolute Gasteiger partial charge is 0.312 e. The fraction of sp³-hybridized carbons (Fsp3) is 0.438. The minimum Gasteiger partial charge on any atom is -0.352 e. The normalized spacial score (nSPS) is 14.3. The van der Waals surface area contributed by atoms with Gasteiger partial charge in [0.2, 0.25) is 11.8 Å². The number of benzene rings is 1. The van der Waals surface area contributed by atoms with E-state index in [0.717, 1.165) is 17.7 Å². The van der Waals surface area contributed by atoms with Gasteiger partial charge in [0, 0.05) is 24.8 Å². The molecule has 0 saturated heterocycles. The van der Waals surface area contributed by atoms with Crippen LogP contribution in [0.1, 0.15) is 26.3 Å². The van der Waals surface area contributed by atoms with E-state index in [1.807, 2.05) is 26.0 Å². The Bertz CT molecular complexity index is 642. The number of rotatable bonds is 4. The Morgan fingerprint density at radius 1 is 1.26 bits per heavy atom. The molecule has 1 aliphatic heterocycles. The van der Waals surface area contributed by atoms with E-state index in [1.54, 1.807) is 11.0 Å². The third-order valence-corrected chi connectivity index (χ3v) is 3.87. The summed E-state index contributed by atoms with van der Waals surface area (Å²) in [6.07, 6.45) is 0.756. The molecule has 2 rings (SSSR count). The lowest BCUT2D eigenvalue weighted by atomic mass is 10.0. The molecule has 0 saturated carbocycles. The maximum atomic E-state index is 12.3. The molecule has 0 radical (unpaired) electrons. The first-order valence-electron chi connectivity index (χ1n) is 7.57. The van der Waals surface area contributed by atoms with Crippen LogP contribution >= 0.6 is 0 Å². The first-order valence-corrected chi connectivity index (χ1v) is 7.57. The van der Waals surface area contributed by atoms with Crippen molar-refractivity contribution in [3.63, 3.8) is 0 Å². The van der Waals surface area contributed by atoms with Crippen LogP contribution in [0.5, 0.6) is 0 Å². The average molecular weight is 318 g/mol. The van der Waals surface area contributed by atoms with Gasteiger partial charge in [0.15, 0.2) is 0 Å². The molecule has 1 unspecified atom stereocenters. The SMILES string of the molecule is CC(=O)N1CCc2cc(NC(=O)C(NC(N)=O)C(C)C)ccc21. The highest BCUT2D eigenvalue weighted by Gasteiger charge is 2.25. The number of fused-ring (bicyclic) bond motifs is 1. The molecule has 0 aromatic heterocycles. The van der Waals surface area contributed by atoms with E-state index in [-0.39, 0.29) is 17.7 Å². The van der Waals surface area contributed by atoms with Crippen LogP contribution in [0.3, 0.4) is 0 Å². The van der Waals surface area contributed by atoms with E-state index < -0.39 is 12.1 Å². The highest BCUT2D eigenvalue weighted by molar-refractivity contribution is 5.98. The lowest BCUT2D eigenvalue weighted by Crippen LogP contribution is -2.49. The number of carbonyl (C=O) groups is 3. The Labute approximate surface area is 135 Å². The molecule has 1 aromatic carbocycles. The largest absolute Gasteiger partial charge is 0.352 e. The summed E-state index contributed by atoms with van der Waals surface area (Å²) < 4.78 is 0. The van der Waals surface area contributed by atoms with Crippen molar-refractivity contribution in [3.05, 3.63) is 23.8 Å². The maximum absolute atomic E-state index is 12.3. The summed E-state index contributed by atoms with van der Waals surface area (Å²) in [7, 11) is 0. The molecule has 1 aromatic rings. The second-order valence-electron chi connectivity index (χ2n) is 5.98. The standard InChI is InChI=1S/C16H22N4O3/c1-9(2)14(19-16(17)23)15(22)18-12-4-5-13-11(8-12)6-7-20(13)10(3)21/h4-5,8-9,14H,6-7H2,1-3H3,(H,18,22)(H3,17,19,23). The van der Waals surface area contributed by atoms with E-state index in [4.69, 9.17) is 5.73 Å². The van der Waals surface area contributed by atoms with Crippen LogP contribution in [-0.2, 0) is 16.0 Å². The van der Waals surface area contributed by atoms with Crippen LogP contribution in [0.15, 0.2) is 18.2 Å². The molecule has 1 atom stereocenters. The number of primary amides is 1. The van der Waals surface area contributed by atoms with Gasteiger partial charge in [0.1, 0.15) is 6.04 Å². The zero-order valence-corrected chi connectivity index (χ0v) is 13.6. The predicted octanol–water partition coefficient (Wildman–Crippen LogP) is 1.23. The number of anilines is 2. The number of carbonyl (C=O) groups excluding carboxylic acids is 3. The van der Waals surface area contributed by atoms with Gasteiger partial charge in [-0.25, -0.2) is 4.79 Å². The molecule has 1 heterocycles. The van der Waals surface area contributed by atoms with Gasteiger partial charge in [-0.2, -0.15) is 0 Å². The number of hydrogen-bond acceptors (Lipinski definition) is 3. The number of nitrogens with one attached hydrogen (secondary N) is 2. The molecule has 7 nitrogen and oxygen atoms in total. The molecule has 0 spiro atoms. The summed E-state index contributed by atoms with van der Waals surface area (Å²) in [6.45, 7) is 5.84. The Morgan fingerprint density at radius 3 is 2.52 bits per heavy atom. The molecule has 0 fully saturated rings. The van der Waals surface area contributed by atoms with E-state index in [0.29, 0.717) is 12.2 Å². The number of urea groups is 1. The third kappa shape index (κ3) is 3.80. The summed E-state index contributed by atoms with van der Waals surface area (Å²) in [5, 5.41) is 5.24. The number of amides is 4. The summed E-state index contributed by atoms with van der Waals surface area (Å²) in [4.78, 5) is 36.6. The molecule has 23 heavy (non-hydrogen) atoms. The lowest BCUT2D eigenvalue weighted by Gasteiger charge is -2.21. The topological polar surface area (TPSA) is 105 Å². The average Bonchev–Trinajstić information content (AvgIpc) is 2.87. The van der Waals surface area contributed by atoms with E-state index in [9.17, 15) is 14.4 Å². The van der Waals surface area contributed by atoms with Crippen molar-refractivity contribution in [2.24, 2.45) is 11.7 Å². The second kappa shape index (κ2) is 6.68. The number of hydrogen-bond donors (Lipinski definition) is 3. The number of nitrogens with two attached hydrogens (primary N) is 1. The van der Waals surface area contributed by atoms with Crippen molar-refractivity contribution >= 4 is 29.2 Å². The molecule has 0 bridgehead atoms. The van der Waals surface area contributed by atoms with Crippen molar-refractivity contribution in [2.45, 2.75) is 33.2 Å². The lowest BCUT2D eigenvalue weighted by molar-refractivity contribution is -0.119. The van der Waals surface area contributed by atoms with Crippen molar-refractivity contribution < 1.29 is 14.4 Å². The van der Waals surface area contributed by atoms with Gasteiger partial charge in [-0.15, -0.1) is 0 Å². The molecular formula is C16H22N4O3. The van der Waals surface area contributed by atoms with Gasteiger partial charge >= 0.3 is 6.03 Å². The van der Waals surface area contributed by atoms with Crippen LogP contribution in [0.2, 0.25) is 0 Å². The van der Waals surface area contributed by atoms with Gasteiger partial charge in [0.05, 0.1) is 0 Å². The molecule has 0 aliphatic carbocycles. The highest BCUT2D eigenvalue weighted by atomic mass is 16.2. The second-order valence-corrected chi connectivity index (χ2v) is 5.98. The summed E-state index contributed by atoms with van der Waals surface area (Å²) in [5.74, 6) is -0.406. The molecule has 1 aliphatic rings. The first-order chi connectivity index (χ1) is 10.8. The Kier molecular flexibility index (Phi) is 4.88. The Hall–Kier alpha value is -2.57. The monoisotopic (exact) mass is 318 g/mol. The highest BCUT2D eigenvalue weighted by Crippen LogP contribution is 2.30. The quantitative estimate of drug-likeness (QED) is 0.777. The maximum Gasteiger partial charge on any atom is 0.312 e. The zero-order chi connectivity index (χ0) is 17.1. The van der Waals surface area contributed by atoms with E-state index in [1.165, 1.54) is 6.92 Å². The van der Waals surface area contributed by atoms with Crippen LogP contribution in [0, 0.1) is 5.92 Å². The molecular weight excluding hydrogens is 296 g/mol. The molecule has 124 valence electrons. The van der Waals surface area contributed by atoms with Gasteiger partial charge < -0.3 is 21.3 Å². The van der Waals surface area contributed by atoms with Gasteiger partial charge in [-0.05, 0) is 36.1 Å². The van der Waals surface area contributed by atoms with E-state index in [2.05, 4.69) is 10.6 Å². The first kappa shape index (κ1) is 16.8. The summed E-state index contributed by atoms with van der Waals surface area (Å²) >= 11 is 0. The fourth-order valence-corrected chi connectivity index (χ4v) is 2.71. The minimum absolute atomic E-state index is 0.00562. The van der Waals surface area contributed by atoms with E-state index >= 15 is 0 Å². The van der Waals surface area contributed by atoms with Crippen LogP contribution in [0.25, 0.3) is 0 Å². The van der Waals surface area contributed by atoms with Crippen molar-refractivity contribution in [2.75, 3.05) is 16.8 Å². The van der Waals surface area contributed by atoms with Crippen molar-refractivity contribution in [1.29, 1.82) is 0 Å². The van der Waals surface area contributed by atoms with Gasteiger partial charge in [-0.1, -0.05) is 13.8 Å². The molecule has 7 heteroatoms. The van der Waals surface area contributed by atoms with Gasteiger partial charge in [-0.3, -0.25) is 9.59 Å². The zero-order valence-electron chi connectivity index (χ0n) is 13.6. The van der Waals surface area contributed by atoms with Crippen LogP contribution in [0.4, 0.5) is 16.2 Å². The number of nitrogens with zero attached hydrogens (tertiary/aromatic N) is 1. The minimum atomic E-state index is -0.732. The molecule has 4 amide bonds. The Morgan fingerprint density at radius 2 is 1.96 bits per heavy atom.